The van der Waals surface area contributed by atoms with Gasteiger partial charge in [-0.1, -0.05) is 43.0 Å². The Labute approximate surface area is 95.9 Å². The number of hydrogen-bond donors (Lipinski definition) is 0. The quantitative estimate of drug-likeness (QED) is 0.755. The maximum absolute atomic E-state index is 11.8. The number of rotatable bonds is 3. The molecule has 16 heavy (non-hydrogen) atoms. The number of carbonyl (C=O) groups is 1. The molecule has 1 aromatic rings. The van der Waals surface area contributed by atoms with E-state index in [-0.39, 0.29) is 5.91 Å². The molecule has 0 aromatic heterocycles. The summed E-state index contributed by atoms with van der Waals surface area (Å²) in [5, 5.41) is 0. The third-order valence-electron chi connectivity index (χ3n) is 2.77. The summed E-state index contributed by atoms with van der Waals surface area (Å²) in [5.74, 6) is 0.0880. The maximum Gasteiger partial charge on any atom is 0.247 e. The molecule has 0 bridgehead atoms. The van der Waals surface area contributed by atoms with Crippen LogP contribution in [0.25, 0.3) is 0 Å². The average molecular weight is 213 g/mol. The molecule has 0 atom stereocenters. The van der Waals surface area contributed by atoms with E-state index in [1.54, 1.807) is 12.2 Å². The highest BCUT2D eigenvalue weighted by Gasteiger charge is 2.16. The molecule has 1 amide bonds. The van der Waals surface area contributed by atoms with Crippen LogP contribution < -0.4 is 0 Å². The van der Waals surface area contributed by atoms with Crippen LogP contribution in [0.1, 0.15) is 12.0 Å². The smallest absolute Gasteiger partial charge is 0.247 e. The van der Waals surface area contributed by atoms with Gasteiger partial charge in [0.25, 0.3) is 0 Å². The van der Waals surface area contributed by atoms with Crippen LogP contribution in [-0.2, 0) is 11.3 Å². The summed E-state index contributed by atoms with van der Waals surface area (Å²) in [6, 6.07) is 10.1. The molecule has 0 unspecified atom stereocenters. The van der Waals surface area contributed by atoms with E-state index in [1.807, 2.05) is 35.2 Å². The Morgan fingerprint density at radius 2 is 2.06 bits per heavy atom. The number of benzene rings is 1. The van der Waals surface area contributed by atoms with Gasteiger partial charge in [0.1, 0.15) is 0 Å². The second-order valence-electron chi connectivity index (χ2n) is 3.92. The van der Waals surface area contributed by atoms with Gasteiger partial charge in [-0.05, 0) is 17.6 Å². The van der Waals surface area contributed by atoms with Crippen molar-refractivity contribution in [3.63, 3.8) is 0 Å². The lowest BCUT2D eigenvalue weighted by atomic mass is 10.1. The third kappa shape index (κ3) is 2.40. The Morgan fingerprint density at radius 1 is 1.31 bits per heavy atom. The van der Waals surface area contributed by atoms with E-state index >= 15 is 0 Å². The summed E-state index contributed by atoms with van der Waals surface area (Å²) >= 11 is 0. The average Bonchev–Trinajstić information content (AvgIpc) is 2.33. The zero-order valence-electron chi connectivity index (χ0n) is 9.23. The monoisotopic (exact) mass is 213 g/mol. The van der Waals surface area contributed by atoms with E-state index in [0.29, 0.717) is 6.54 Å². The van der Waals surface area contributed by atoms with E-state index in [0.717, 1.165) is 18.5 Å². The Bertz CT molecular complexity index is 420. The standard InChI is InChI=1S/C14H15NO/c1-2-12-8-9-15(14(16)10-12)11-13-6-4-3-5-7-13/h2-7,10H,1,8-9,11H2. The van der Waals surface area contributed by atoms with Crippen LogP contribution in [0.4, 0.5) is 0 Å². The zero-order valence-corrected chi connectivity index (χ0v) is 9.23. The summed E-state index contributed by atoms with van der Waals surface area (Å²) in [6.45, 7) is 5.17. The third-order valence-corrected chi connectivity index (χ3v) is 2.77. The zero-order chi connectivity index (χ0) is 11.4. The fourth-order valence-electron chi connectivity index (χ4n) is 1.82. The molecule has 2 heteroatoms. The van der Waals surface area contributed by atoms with E-state index in [1.165, 1.54) is 5.56 Å². The summed E-state index contributed by atoms with van der Waals surface area (Å²) < 4.78 is 0. The summed E-state index contributed by atoms with van der Waals surface area (Å²) in [4.78, 5) is 13.6. The Morgan fingerprint density at radius 3 is 2.69 bits per heavy atom. The van der Waals surface area contributed by atoms with E-state index in [9.17, 15) is 4.79 Å². The van der Waals surface area contributed by atoms with Crippen molar-refractivity contribution in [3.8, 4) is 0 Å². The maximum atomic E-state index is 11.8. The number of nitrogens with zero attached hydrogens (tertiary/aromatic N) is 1. The molecule has 2 nitrogen and oxygen atoms in total. The molecule has 1 aliphatic heterocycles. The Hall–Kier alpha value is -1.83. The predicted octanol–water partition coefficient (Wildman–Crippen LogP) is 2.53. The van der Waals surface area contributed by atoms with Gasteiger partial charge in [0.2, 0.25) is 5.91 Å². The fourth-order valence-corrected chi connectivity index (χ4v) is 1.82. The highest BCUT2D eigenvalue weighted by molar-refractivity contribution is 5.89. The Kier molecular flexibility index (Phi) is 3.20. The van der Waals surface area contributed by atoms with E-state index < -0.39 is 0 Å². The van der Waals surface area contributed by atoms with Gasteiger partial charge in [-0.2, -0.15) is 0 Å². The summed E-state index contributed by atoms with van der Waals surface area (Å²) in [5.41, 5.74) is 2.21. The number of amides is 1. The molecular formula is C14H15NO. The summed E-state index contributed by atoms with van der Waals surface area (Å²) in [6.07, 6.45) is 4.35. The van der Waals surface area contributed by atoms with Crippen molar-refractivity contribution >= 4 is 5.91 Å². The van der Waals surface area contributed by atoms with Gasteiger partial charge in [0.15, 0.2) is 0 Å². The molecule has 1 heterocycles. The molecule has 0 radical (unpaired) electrons. The number of carbonyl (C=O) groups excluding carboxylic acids is 1. The normalized spacial score (nSPS) is 15.9. The van der Waals surface area contributed by atoms with E-state index in [4.69, 9.17) is 0 Å². The molecule has 0 saturated carbocycles. The first-order valence-corrected chi connectivity index (χ1v) is 5.45. The minimum atomic E-state index is 0.0880. The predicted molar refractivity (Wildman–Crippen MR) is 64.8 cm³/mol. The topological polar surface area (TPSA) is 20.3 Å². The SMILES string of the molecule is C=CC1=CC(=O)N(Cc2ccccc2)CC1. The first kappa shape index (κ1) is 10.7. The lowest BCUT2D eigenvalue weighted by Gasteiger charge is -2.25. The Balaban J connectivity index is 2.06. The van der Waals surface area contributed by atoms with Crippen molar-refractivity contribution in [1.82, 2.24) is 4.90 Å². The number of allylic oxidation sites excluding steroid dienone is 1. The molecular weight excluding hydrogens is 198 g/mol. The van der Waals surface area contributed by atoms with Crippen LogP contribution in [0.2, 0.25) is 0 Å². The molecule has 0 fully saturated rings. The van der Waals surface area contributed by atoms with Gasteiger partial charge < -0.3 is 4.90 Å². The summed E-state index contributed by atoms with van der Waals surface area (Å²) in [7, 11) is 0. The van der Waals surface area contributed by atoms with Gasteiger partial charge in [0, 0.05) is 19.2 Å². The van der Waals surface area contributed by atoms with Crippen LogP contribution in [0.15, 0.2) is 54.6 Å². The van der Waals surface area contributed by atoms with Crippen molar-refractivity contribution in [1.29, 1.82) is 0 Å². The van der Waals surface area contributed by atoms with Crippen LogP contribution in [0, 0.1) is 0 Å². The van der Waals surface area contributed by atoms with E-state index in [2.05, 4.69) is 6.58 Å². The molecule has 0 spiro atoms. The first-order valence-electron chi connectivity index (χ1n) is 5.45. The largest absolute Gasteiger partial charge is 0.334 e. The lowest BCUT2D eigenvalue weighted by Crippen LogP contribution is -2.33. The van der Waals surface area contributed by atoms with Crippen molar-refractivity contribution < 1.29 is 4.79 Å². The van der Waals surface area contributed by atoms with Crippen molar-refractivity contribution in [2.75, 3.05) is 6.54 Å². The second-order valence-corrected chi connectivity index (χ2v) is 3.92. The van der Waals surface area contributed by atoms with Gasteiger partial charge in [-0.25, -0.2) is 0 Å². The highest BCUT2D eigenvalue weighted by Crippen LogP contribution is 2.15. The van der Waals surface area contributed by atoms with Crippen molar-refractivity contribution in [2.24, 2.45) is 0 Å². The second kappa shape index (κ2) is 4.79. The highest BCUT2D eigenvalue weighted by atomic mass is 16.2. The van der Waals surface area contributed by atoms with Gasteiger partial charge in [-0.15, -0.1) is 0 Å². The minimum absolute atomic E-state index is 0.0880. The molecule has 82 valence electrons. The van der Waals surface area contributed by atoms with Gasteiger partial charge in [-0.3, -0.25) is 4.79 Å². The van der Waals surface area contributed by atoms with Gasteiger partial charge >= 0.3 is 0 Å². The van der Waals surface area contributed by atoms with Crippen LogP contribution in [-0.4, -0.2) is 17.4 Å². The first-order chi connectivity index (χ1) is 7.79. The molecule has 1 aliphatic rings. The number of hydrogen-bond acceptors (Lipinski definition) is 1. The lowest BCUT2D eigenvalue weighted by molar-refractivity contribution is -0.127. The van der Waals surface area contributed by atoms with Crippen LogP contribution in [0.5, 0.6) is 0 Å². The molecule has 0 N–H and O–H groups in total. The van der Waals surface area contributed by atoms with Crippen molar-refractivity contribution in [3.05, 3.63) is 60.2 Å². The van der Waals surface area contributed by atoms with Crippen molar-refractivity contribution in [2.45, 2.75) is 13.0 Å². The van der Waals surface area contributed by atoms with Gasteiger partial charge in [0.05, 0.1) is 0 Å². The molecule has 0 aliphatic carbocycles. The van der Waals surface area contributed by atoms with Crippen LogP contribution >= 0.6 is 0 Å². The molecule has 2 rings (SSSR count). The molecule has 0 saturated heterocycles. The fraction of sp³-hybridized carbons (Fsp3) is 0.214. The minimum Gasteiger partial charge on any atom is -0.334 e. The van der Waals surface area contributed by atoms with Crippen LogP contribution in [0.3, 0.4) is 0 Å². The molecule has 1 aromatic carbocycles.